The number of primary amides is 1. The van der Waals surface area contributed by atoms with Crippen molar-refractivity contribution in [1.29, 1.82) is 0 Å². The highest BCUT2D eigenvalue weighted by Gasteiger charge is 2.22. The molecule has 10 nitrogen and oxygen atoms in total. The number of amides is 2. The Labute approximate surface area is 192 Å². The fourth-order valence-electron chi connectivity index (χ4n) is 4.31. The Balaban J connectivity index is 1.51. The maximum Gasteiger partial charge on any atom is 0.314 e. The number of urea groups is 1. The summed E-state index contributed by atoms with van der Waals surface area (Å²) in [7, 11) is 0. The SMILES string of the molecule is NC(=O)N1CCC(Nc2nc(Nc3ccc(O)c(F)c3)nc(NC3CCCCCC3)n2)CC1. The Bertz CT molecular complexity index is 959. The average molecular weight is 459 g/mol. The number of nitrogens with one attached hydrogen (secondary N) is 3. The number of anilines is 4. The lowest BCUT2D eigenvalue weighted by Gasteiger charge is -2.31. The molecule has 2 aromatic rings. The zero-order valence-corrected chi connectivity index (χ0v) is 18.6. The van der Waals surface area contributed by atoms with E-state index < -0.39 is 17.6 Å². The van der Waals surface area contributed by atoms with E-state index in [1.807, 2.05) is 0 Å². The maximum atomic E-state index is 13.8. The fraction of sp³-hybridized carbons (Fsp3) is 0.545. The molecule has 33 heavy (non-hydrogen) atoms. The van der Waals surface area contributed by atoms with E-state index in [2.05, 4.69) is 30.9 Å². The first-order valence-corrected chi connectivity index (χ1v) is 11.6. The molecule has 0 bridgehead atoms. The van der Waals surface area contributed by atoms with Crippen LogP contribution in [0.1, 0.15) is 51.4 Å². The molecule has 0 spiro atoms. The first kappa shape index (κ1) is 22.8. The Morgan fingerprint density at radius 2 is 1.52 bits per heavy atom. The molecule has 2 heterocycles. The van der Waals surface area contributed by atoms with Gasteiger partial charge in [0, 0.05) is 36.9 Å². The van der Waals surface area contributed by atoms with E-state index in [1.54, 1.807) is 11.0 Å². The number of carbonyl (C=O) groups excluding carboxylic acids is 1. The minimum absolute atomic E-state index is 0.0905. The highest BCUT2D eigenvalue weighted by atomic mass is 19.1. The molecule has 1 aliphatic heterocycles. The van der Waals surface area contributed by atoms with Gasteiger partial charge < -0.3 is 31.7 Å². The van der Waals surface area contributed by atoms with Crippen LogP contribution in [-0.2, 0) is 0 Å². The lowest BCUT2D eigenvalue weighted by Crippen LogP contribution is -2.44. The van der Waals surface area contributed by atoms with Crippen LogP contribution in [0.3, 0.4) is 0 Å². The third-order valence-electron chi connectivity index (χ3n) is 6.17. The molecule has 1 saturated carbocycles. The van der Waals surface area contributed by atoms with E-state index in [9.17, 15) is 14.3 Å². The highest BCUT2D eigenvalue weighted by molar-refractivity contribution is 5.72. The van der Waals surface area contributed by atoms with Gasteiger partial charge in [0.15, 0.2) is 11.6 Å². The van der Waals surface area contributed by atoms with E-state index >= 15 is 0 Å². The smallest absolute Gasteiger partial charge is 0.314 e. The van der Waals surface area contributed by atoms with Crippen LogP contribution in [0.5, 0.6) is 5.75 Å². The topological polar surface area (TPSA) is 141 Å². The number of halogens is 1. The zero-order chi connectivity index (χ0) is 23.2. The first-order valence-electron chi connectivity index (χ1n) is 11.6. The van der Waals surface area contributed by atoms with Gasteiger partial charge in [-0.1, -0.05) is 25.7 Å². The van der Waals surface area contributed by atoms with Gasteiger partial charge in [0.2, 0.25) is 17.8 Å². The number of phenolic OH excluding ortho intramolecular Hbond substituents is 1. The number of likely N-dealkylation sites (tertiary alicyclic amines) is 1. The number of aromatic hydroxyl groups is 1. The van der Waals surface area contributed by atoms with Crippen LogP contribution in [-0.4, -0.2) is 56.2 Å². The monoisotopic (exact) mass is 458 g/mol. The number of nitrogens with zero attached hydrogens (tertiary/aromatic N) is 4. The molecule has 4 rings (SSSR count). The minimum atomic E-state index is -0.731. The molecule has 1 saturated heterocycles. The normalized spacial score (nSPS) is 17.9. The van der Waals surface area contributed by atoms with Crippen molar-refractivity contribution in [2.24, 2.45) is 5.73 Å². The standard InChI is InChI=1S/C22H31FN8O2/c23-17-13-16(7-8-18(17)32)27-22-29-20(25-14-5-3-1-2-4-6-14)28-21(30-22)26-15-9-11-31(12-10-15)19(24)33/h7-8,13-15,32H,1-6,9-12H2,(H2,24,33)(H3,25,26,27,28,29,30). The van der Waals surface area contributed by atoms with Crippen molar-refractivity contribution in [3.8, 4) is 5.75 Å². The second kappa shape index (κ2) is 10.5. The summed E-state index contributed by atoms with van der Waals surface area (Å²) in [6.45, 7) is 1.15. The fourth-order valence-corrected chi connectivity index (χ4v) is 4.31. The van der Waals surface area contributed by atoms with Gasteiger partial charge in [0.25, 0.3) is 0 Å². The van der Waals surface area contributed by atoms with Crippen molar-refractivity contribution >= 4 is 29.6 Å². The summed E-state index contributed by atoms with van der Waals surface area (Å²) in [5.41, 5.74) is 5.79. The van der Waals surface area contributed by atoms with Gasteiger partial charge in [-0.2, -0.15) is 15.0 Å². The van der Waals surface area contributed by atoms with Crippen molar-refractivity contribution in [2.75, 3.05) is 29.0 Å². The van der Waals surface area contributed by atoms with Gasteiger partial charge in [0.05, 0.1) is 0 Å². The molecular weight excluding hydrogens is 427 g/mol. The molecule has 0 radical (unpaired) electrons. The number of carbonyl (C=O) groups is 1. The lowest BCUT2D eigenvalue weighted by molar-refractivity contribution is 0.193. The predicted octanol–water partition coefficient (Wildman–Crippen LogP) is 3.55. The second-order valence-electron chi connectivity index (χ2n) is 8.67. The lowest BCUT2D eigenvalue weighted by atomic mass is 10.1. The van der Waals surface area contributed by atoms with E-state index in [0.29, 0.717) is 36.7 Å². The summed E-state index contributed by atoms with van der Waals surface area (Å²) in [5.74, 6) is -0.0265. The van der Waals surface area contributed by atoms with Gasteiger partial charge >= 0.3 is 6.03 Å². The maximum absolute atomic E-state index is 13.8. The number of rotatable bonds is 6. The zero-order valence-electron chi connectivity index (χ0n) is 18.6. The molecule has 178 valence electrons. The van der Waals surface area contributed by atoms with Crippen LogP contribution >= 0.6 is 0 Å². The van der Waals surface area contributed by atoms with Gasteiger partial charge in [-0.05, 0) is 37.8 Å². The molecule has 1 aromatic carbocycles. The number of benzene rings is 1. The Morgan fingerprint density at radius 3 is 2.09 bits per heavy atom. The van der Waals surface area contributed by atoms with Crippen molar-refractivity contribution < 1.29 is 14.3 Å². The summed E-state index contributed by atoms with van der Waals surface area (Å²) in [6.07, 6.45) is 8.40. The molecule has 6 N–H and O–H groups in total. The molecule has 11 heteroatoms. The van der Waals surface area contributed by atoms with Crippen LogP contribution in [0.4, 0.5) is 32.7 Å². The summed E-state index contributed by atoms with van der Waals surface area (Å²) in [6, 6.07) is 3.98. The van der Waals surface area contributed by atoms with Gasteiger partial charge in [-0.15, -0.1) is 0 Å². The van der Waals surface area contributed by atoms with Crippen LogP contribution in [0.2, 0.25) is 0 Å². The predicted molar refractivity (Wildman–Crippen MR) is 124 cm³/mol. The first-order chi connectivity index (χ1) is 16.0. The van der Waals surface area contributed by atoms with E-state index in [-0.39, 0.29) is 12.0 Å². The third kappa shape index (κ3) is 6.33. The Morgan fingerprint density at radius 1 is 0.939 bits per heavy atom. The molecule has 1 aliphatic carbocycles. The van der Waals surface area contributed by atoms with Gasteiger partial charge in [0.1, 0.15) is 0 Å². The van der Waals surface area contributed by atoms with Crippen molar-refractivity contribution in [1.82, 2.24) is 19.9 Å². The summed E-state index contributed by atoms with van der Waals surface area (Å²) < 4.78 is 13.8. The summed E-state index contributed by atoms with van der Waals surface area (Å²) in [5, 5.41) is 19.2. The van der Waals surface area contributed by atoms with E-state index in [4.69, 9.17) is 5.73 Å². The number of piperidine rings is 1. The Kier molecular flexibility index (Phi) is 7.26. The van der Waals surface area contributed by atoms with Gasteiger partial charge in [-0.3, -0.25) is 0 Å². The molecular formula is C22H31FN8O2. The quantitative estimate of drug-likeness (QED) is 0.327. The van der Waals surface area contributed by atoms with Gasteiger partial charge in [-0.25, -0.2) is 9.18 Å². The second-order valence-corrected chi connectivity index (χ2v) is 8.67. The number of hydrogen-bond donors (Lipinski definition) is 5. The number of hydrogen-bond acceptors (Lipinski definition) is 8. The summed E-state index contributed by atoms with van der Waals surface area (Å²) in [4.78, 5) is 26.5. The number of nitrogens with two attached hydrogens (primary N) is 1. The van der Waals surface area contributed by atoms with E-state index in [1.165, 1.54) is 37.8 Å². The number of aromatic nitrogens is 3. The largest absolute Gasteiger partial charge is 0.505 e. The summed E-state index contributed by atoms with van der Waals surface area (Å²) >= 11 is 0. The Hall–Kier alpha value is -3.37. The minimum Gasteiger partial charge on any atom is -0.505 e. The number of phenols is 1. The van der Waals surface area contributed by atoms with Crippen molar-refractivity contribution in [2.45, 2.75) is 63.5 Å². The molecule has 2 aliphatic rings. The van der Waals surface area contributed by atoms with Crippen LogP contribution in [0.15, 0.2) is 18.2 Å². The van der Waals surface area contributed by atoms with Crippen LogP contribution in [0.25, 0.3) is 0 Å². The molecule has 2 amide bonds. The molecule has 2 fully saturated rings. The highest BCUT2D eigenvalue weighted by Crippen LogP contribution is 2.24. The molecule has 1 aromatic heterocycles. The van der Waals surface area contributed by atoms with Crippen LogP contribution in [0, 0.1) is 5.82 Å². The van der Waals surface area contributed by atoms with Crippen LogP contribution < -0.4 is 21.7 Å². The van der Waals surface area contributed by atoms with E-state index in [0.717, 1.165) is 25.7 Å². The molecule has 0 unspecified atom stereocenters. The van der Waals surface area contributed by atoms with Crippen molar-refractivity contribution in [3.63, 3.8) is 0 Å². The average Bonchev–Trinajstić information content (AvgIpc) is 3.05. The molecule has 0 atom stereocenters. The third-order valence-corrected chi connectivity index (χ3v) is 6.17. The van der Waals surface area contributed by atoms with Crippen molar-refractivity contribution in [3.05, 3.63) is 24.0 Å².